The van der Waals surface area contributed by atoms with Crippen molar-refractivity contribution in [3.63, 3.8) is 0 Å². The highest BCUT2D eigenvalue weighted by Crippen LogP contribution is 2.06. The molecule has 76 valence electrons. The Morgan fingerprint density at radius 1 is 1.54 bits per heavy atom. The summed E-state index contributed by atoms with van der Waals surface area (Å²) in [6.07, 6.45) is 0.927. The minimum atomic E-state index is 0.233. The van der Waals surface area contributed by atoms with E-state index < -0.39 is 0 Å². The molecule has 4 heteroatoms. The van der Waals surface area contributed by atoms with E-state index in [1.807, 2.05) is 11.8 Å². The molecule has 13 heavy (non-hydrogen) atoms. The summed E-state index contributed by atoms with van der Waals surface area (Å²) in [5, 5.41) is 0. The molecule has 0 aromatic heterocycles. The van der Waals surface area contributed by atoms with E-state index >= 15 is 0 Å². The number of hydrogen-bond acceptors (Lipinski definition) is 3. The molecule has 0 aliphatic carbocycles. The van der Waals surface area contributed by atoms with Crippen LogP contribution in [0.25, 0.3) is 0 Å². The Morgan fingerprint density at radius 3 is 2.92 bits per heavy atom. The smallest absolute Gasteiger partial charge is 0.210 e. The van der Waals surface area contributed by atoms with Gasteiger partial charge in [0.15, 0.2) is 0 Å². The highest BCUT2D eigenvalue weighted by molar-refractivity contribution is 5.48. The Balaban J connectivity index is 2.39. The summed E-state index contributed by atoms with van der Waals surface area (Å²) in [5.74, 6) is 0. The lowest BCUT2D eigenvalue weighted by Gasteiger charge is -2.37. The molecule has 0 N–H and O–H groups in total. The second kappa shape index (κ2) is 5.19. The Labute approximate surface area is 79.4 Å². The number of amides is 1. The van der Waals surface area contributed by atoms with Gasteiger partial charge in [-0.05, 0) is 14.0 Å². The quantitative estimate of drug-likeness (QED) is 0.570. The van der Waals surface area contributed by atoms with Crippen LogP contribution in [0.2, 0.25) is 0 Å². The van der Waals surface area contributed by atoms with Crippen molar-refractivity contribution in [2.45, 2.75) is 13.0 Å². The topological polar surface area (TPSA) is 32.8 Å². The third-order valence-corrected chi connectivity index (χ3v) is 2.38. The second-order valence-electron chi connectivity index (χ2n) is 3.42. The van der Waals surface area contributed by atoms with E-state index in [2.05, 4.69) is 11.9 Å². The third-order valence-electron chi connectivity index (χ3n) is 2.38. The molecule has 1 saturated heterocycles. The Morgan fingerprint density at radius 2 is 2.31 bits per heavy atom. The number of hydrogen-bond donors (Lipinski definition) is 0. The van der Waals surface area contributed by atoms with Crippen molar-refractivity contribution in [3.8, 4) is 0 Å². The highest BCUT2D eigenvalue weighted by Gasteiger charge is 2.23. The first kappa shape index (κ1) is 10.5. The zero-order chi connectivity index (χ0) is 9.68. The monoisotopic (exact) mass is 186 g/mol. The molecule has 0 radical (unpaired) electrons. The van der Waals surface area contributed by atoms with E-state index in [0.29, 0.717) is 13.2 Å². The lowest BCUT2D eigenvalue weighted by molar-refractivity contribution is -0.124. The fourth-order valence-electron chi connectivity index (χ4n) is 1.57. The van der Waals surface area contributed by atoms with Crippen molar-refractivity contribution in [1.29, 1.82) is 0 Å². The van der Waals surface area contributed by atoms with Crippen molar-refractivity contribution < 1.29 is 9.53 Å². The van der Waals surface area contributed by atoms with Gasteiger partial charge in [0, 0.05) is 26.2 Å². The lowest BCUT2D eigenvalue weighted by atomic mass is 10.2. The molecule has 1 heterocycles. The van der Waals surface area contributed by atoms with Crippen LogP contribution in [0.15, 0.2) is 0 Å². The largest absolute Gasteiger partial charge is 0.380 e. The van der Waals surface area contributed by atoms with Crippen LogP contribution in [0.5, 0.6) is 0 Å². The molecule has 1 aliphatic rings. The van der Waals surface area contributed by atoms with Crippen LogP contribution in [0.4, 0.5) is 0 Å². The maximum Gasteiger partial charge on any atom is 0.210 e. The van der Waals surface area contributed by atoms with Gasteiger partial charge in [0.25, 0.3) is 0 Å². The van der Waals surface area contributed by atoms with Gasteiger partial charge in [-0.15, -0.1) is 0 Å². The SMILES string of the molecule is CCOCC1CN(C)CCN1C=O. The van der Waals surface area contributed by atoms with Crippen LogP contribution in [0.1, 0.15) is 6.92 Å². The second-order valence-corrected chi connectivity index (χ2v) is 3.42. The summed E-state index contributed by atoms with van der Waals surface area (Å²) in [5.41, 5.74) is 0. The molecule has 1 rings (SSSR count). The first-order valence-electron chi connectivity index (χ1n) is 4.75. The number of ether oxygens (including phenoxy) is 1. The van der Waals surface area contributed by atoms with Gasteiger partial charge >= 0.3 is 0 Å². The van der Waals surface area contributed by atoms with E-state index in [1.54, 1.807) is 0 Å². The average molecular weight is 186 g/mol. The van der Waals surface area contributed by atoms with E-state index in [1.165, 1.54) is 0 Å². The zero-order valence-corrected chi connectivity index (χ0v) is 8.40. The number of likely N-dealkylation sites (N-methyl/N-ethyl adjacent to an activating group) is 1. The van der Waals surface area contributed by atoms with E-state index in [0.717, 1.165) is 26.0 Å². The lowest BCUT2D eigenvalue weighted by Crippen LogP contribution is -2.53. The molecular weight excluding hydrogens is 168 g/mol. The predicted molar refractivity (Wildman–Crippen MR) is 50.5 cm³/mol. The molecular formula is C9H18N2O2. The van der Waals surface area contributed by atoms with Gasteiger partial charge < -0.3 is 14.5 Å². The van der Waals surface area contributed by atoms with Crippen LogP contribution >= 0.6 is 0 Å². The van der Waals surface area contributed by atoms with Crippen molar-refractivity contribution in [2.75, 3.05) is 39.9 Å². The molecule has 0 aromatic rings. The van der Waals surface area contributed by atoms with E-state index in [-0.39, 0.29) is 6.04 Å². The molecule has 1 amide bonds. The number of carbonyl (C=O) groups excluding carboxylic acids is 1. The van der Waals surface area contributed by atoms with Gasteiger partial charge in [0.2, 0.25) is 6.41 Å². The van der Waals surface area contributed by atoms with Crippen LogP contribution in [-0.4, -0.2) is 62.1 Å². The maximum atomic E-state index is 10.7. The van der Waals surface area contributed by atoms with Gasteiger partial charge in [-0.25, -0.2) is 0 Å². The molecule has 1 aliphatic heterocycles. The molecule has 1 unspecified atom stereocenters. The highest BCUT2D eigenvalue weighted by atomic mass is 16.5. The standard InChI is InChI=1S/C9H18N2O2/c1-3-13-7-9-6-10(2)4-5-11(9)8-12/h8-9H,3-7H2,1-2H3. The normalized spacial score (nSPS) is 24.8. The van der Waals surface area contributed by atoms with E-state index in [4.69, 9.17) is 4.74 Å². The van der Waals surface area contributed by atoms with Crippen LogP contribution in [0, 0.1) is 0 Å². The van der Waals surface area contributed by atoms with Crippen LogP contribution < -0.4 is 0 Å². The summed E-state index contributed by atoms with van der Waals surface area (Å²) >= 11 is 0. The summed E-state index contributed by atoms with van der Waals surface area (Å²) in [7, 11) is 2.07. The Bertz CT molecular complexity index is 164. The fourth-order valence-corrected chi connectivity index (χ4v) is 1.57. The minimum absolute atomic E-state index is 0.233. The maximum absolute atomic E-state index is 10.7. The first-order valence-corrected chi connectivity index (χ1v) is 4.75. The molecule has 4 nitrogen and oxygen atoms in total. The number of rotatable bonds is 4. The fraction of sp³-hybridized carbons (Fsp3) is 0.889. The summed E-state index contributed by atoms with van der Waals surface area (Å²) in [4.78, 5) is 14.7. The van der Waals surface area contributed by atoms with E-state index in [9.17, 15) is 4.79 Å². The van der Waals surface area contributed by atoms with Crippen LogP contribution in [0.3, 0.4) is 0 Å². The van der Waals surface area contributed by atoms with Crippen LogP contribution in [-0.2, 0) is 9.53 Å². The molecule has 0 aromatic carbocycles. The van der Waals surface area contributed by atoms with Gasteiger partial charge in [-0.2, -0.15) is 0 Å². The number of carbonyl (C=O) groups is 1. The predicted octanol–water partition coefficient (Wildman–Crippen LogP) is -0.205. The van der Waals surface area contributed by atoms with Crippen molar-refractivity contribution >= 4 is 6.41 Å². The molecule has 1 fully saturated rings. The van der Waals surface area contributed by atoms with Crippen molar-refractivity contribution in [2.24, 2.45) is 0 Å². The van der Waals surface area contributed by atoms with Crippen molar-refractivity contribution in [3.05, 3.63) is 0 Å². The molecule has 1 atom stereocenters. The van der Waals surface area contributed by atoms with Gasteiger partial charge in [-0.3, -0.25) is 4.79 Å². The van der Waals surface area contributed by atoms with Gasteiger partial charge in [-0.1, -0.05) is 0 Å². The zero-order valence-electron chi connectivity index (χ0n) is 8.40. The Kier molecular flexibility index (Phi) is 4.18. The summed E-state index contributed by atoms with van der Waals surface area (Å²) < 4.78 is 5.33. The Hall–Kier alpha value is -0.610. The average Bonchev–Trinajstić information content (AvgIpc) is 2.15. The minimum Gasteiger partial charge on any atom is -0.380 e. The number of piperazine rings is 1. The van der Waals surface area contributed by atoms with Gasteiger partial charge in [0.05, 0.1) is 12.6 Å². The summed E-state index contributed by atoms with van der Waals surface area (Å²) in [6, 6.07) is 0.233. The van der Waals surface area contributed by atoms with Crippen molar-refractivity contribution in [1.82, 2.24) is 9.80 Å². The third kappa shape index (κ3) is 2.97. The van der Waals surface area contributed by atoms with Gasteiger partial charge in [0.1, 0.15) is 0 Å². The molecule has 0 saturated carbocycles. The molecule has 0 spiro atoms. The number of nitrogens with zero attached hydrogens (tertiary/aromatic N) is 2. The molecule has 0 bridgehead atoms. The summed E-state index contributed by atoms with van der Waals surface area (Å²) in [6.45, 7) is 6.03. The first-order chi connectivity index (χ1) is 6.27.